The van der Waals surface area contributed by atoms with Gasteiger partial charge in [-0.2, -0.15) is 13.2 Å². The van der Waals surface area contributed by atoms with Gasteiger partial charge < -0.3 is 4.79 Å². The fraction of sp³-hybridized carbons (Fsp3) is 0.375. The zero-order chi connectivity index (χ0) is 16.5. The molecule has 0 radical (unpaired) electrons. The normalized spacial score (nSPS) is 13.4. The van der Waals surface area contributed by atoms with Crippen molar-refractivity contribution < 1.29 is 18.0 Å². The van der Waals surface area contributed by atoms with Crippen LogP contribution in [0, 0.1) is 0 Å². The van der Waals surface area contributed by atoms with Crippen molar-refractivity contribution in [3.8, 4) is 10.6 Å². The molecule has 1 heterocycles. The maximum atomic E-state index is 12.6. The largest absolute Gasteiger partial charge is 0.416 e. The van der Waals surface area contributed by atoms with Crippen LogP contribution >= 0.6 is 11.3 Å². The first-order valence-corrected chi connectivity index (χ1v) is 7.69. The Hall–Kier alpha value is -1.69. The Bertz CT molecular complexity index is 659. The number of carbonyl (C=O) groups excluding carboxylic acids is 1. The van der Waals surface area contributed by atoms with Gasteiger partial charge in [-0.3, -0.25) is 0 Å². The first kappa shape index (κ1) is 16.7. The summed E-state index contributed by atoms with van der Waals surface area (Å²) in [6.07, 6.45) is -3.49. The minimum atomic E-state index is -4.35. The van der Waals surface area contributed by atoms with Gasteiger partial charge in [-0.15, -0.1) is 11.3 Å². The smallest absolute Gasteiger partial charge is 0.303 e. The lowest BCUT2D eigenvalue weighted by Gasteiger charge is -2.06. The van der Waals surface area contributed by atoms with Crippen molar-refractivity contribution in [2.45, 2.75) is 38.8 Å². The van der Waals surface area contributed by atoms with E-state index >= 15 is 0 Å². The minimum Gasteiger partial charge on any atom is -0.303 e. The van der Waals surface area contributed by atoms with E-state index in [2.05, 4.69) is 4.98 Å². The van der Waals surface area contributed by atoms with Gasteiger partial charge in [0, 0.05) is 16.4 Å². The van der Waals surface area contributed by atoms with Crippen molar-refractivity contribution in [3.63, 3.8) is 0 Å². The van der Waals surface area contributed by atoms with Crippen molar-refractivity contribution in [2.75, 3.05) is 0 Å². The molecule has 0 N–H and O–H groups in total. The number of carbonyl (C=O) groups is 1. The molecule has 1 aromatic heterocycles. The number of hydrogen-bond acceptors (Lipinski definition) is 3. The van der Waals surface area contributed by atoms with Crippen LogP contribution in [0.5, 0.6) is 0 Å². The quantitative estimate of drug-likeness (QED) is 0.717. The molecule has 0 aliphatic carbocycles. The molecule has 0 fully saturated rings. The summed E-state index contributed by atoms with van der Waals surface area (Å²) in [5.41, 5.74) is 0.780. The van der Waals surface area contributed by atoms with Gasteiger partial charge in [0.2, 0.25) is 0 Å². The number of rotatable bonds is 4. The van der Waals surface area contributed by atoms with Gasteiger partial charge >= 0.3 is 6.18 Å². The van der Waals surface area contributed by atoms with Gasteiger partial charge in [0.05, 0.1) is 11.3 Å². The van der Waals surface area contributed by atoms with Gasteiger partial charge in [-0.1, -0.05) is 32.9 Å². The van der Waals surface area contributed by atoms with Crippen molar-refractivity contribution in [1.29, 1.82) is 0 Å². The van der Waals surface area contributed by atoms with E-state index in [-0.39, 0.29) is 11.8 Å². The predicted molar refractivity (Wildman–Crippen MR) is 81.1 cm³/mol. The highest BCUT2D eigenvalue weighted by Gasteiger charge is 2.30. The number of aldehydes is 1. The Morgan fingerprint density at radius 2 is 1.73 bits per heavy atom. The summed E-state index contributed by atoms with van der Waals surface area (Å²) in [4.78, 5) is 16.4. The monoisotopic (exact) mass is 327 g/mol. The van der Waals surface area contributed by atoms with Crippen LogP contribution in [-0.2, 0) is 11.0 Å². The van der Waals surface area contributed by atoms with Gasteiger partial charge in [-0.05, 0) is 18.1 Å². The summed E-state index contributed by atoms with van der Waals surface area (Å²) in [7, 11) is 0. The van der Waals surface area contributed by atoms with Gasteiger partial charge in [0.15, 0.2) is 0 Å². The molecule has 22 heavy (non-hydrogen) atoms. The maximum absolute atomic E-state index is 12.6. The average molecular weight is 327 g/mol. The maximum Gasteiger partial charge on any atom is 0.416 e. The SMILES string of the molecule is CC(C)c1nc(-c2ccc(C(F)(F)F)cc2)sc1C(C)C=O. The van der Waals surface area contributed by atoms with E-state index in [0.29, 0.717) is 10.6 Å². The van der Waals surface area contributed by atoms with Gasteiger partial charge in [0.1, 0.15) is 11.3 Å². The summed E-state index contributed by atoms with van der Waals surface area (Å²) in [5.74, 6) is -0.116. The Labute approximate surface area is 131 Å². The summed E-state index contributed by atoms with van der Waals surface area (Å²) in [5, 5.41) is 0.640. The molecule has 0 spiro atoms. The van der Waals surface area contributed by atoms with E-state index < -0.39 is 11.7 Å². The van der Waals surface area contributed by atoms with Crippen molar-refractivity contribution >= 4 is 17.6 Å². The lowest BCUT2D eigenvalue weighted by Crippen LogP contribution is -2.03. The summed E-state index contributed by atoms with van der Waals surface area (Å²) in [6, 6.07) is 4.94. The standard InChI is InChI=1S/C16H16F3NOS/c1-9(2)13-14(10(3)8-21)22-15(20-13)11-4-6-12(7-5-11)16(17,18)19/h4-10H,1-3H3. The molecule has 1 aromatic carbocycles. The summed E-state index contributed by atoms with van der Waals surface area (Å²) >= 11 is 1.36. The Kier molecular flexibility index (Phi) is 4.70. The molecular weight excluding hydrogens is 311 g/mol. The molecule has 6 heteroatoms. The highest BCUT2D eigenvalue weighted by Crippen LogP contribution is 2.37. The third kappa shape index (κ3) is 3.38. The summed E-state index contributed by atoms with van der Waals surface area (Å²) in [6.45, 7) is 5.75. The van der Waals surface area contributed by atoms with Crippen molar-refractivity contribution in [1.82, 2.24) is 4.98 Å². The molecule has 2 aromatic rings. The molecule has 1 atom stereocenters. The van der Waals surface area contributed by atoms with Crippen LogP contribution < -0.4 is 0 Å². The number of alkyl halides is 3. The van der Waals surface area contributed by atoms with E-state index in [9.17, 15) is 18.0 Å². The molecule has 0 aliphatic heterocycles. The van der Waals surface area contributed by atoms with Crippen molar-refractivity contribution in [3.05, 3.63) is 40.4 Å². The number of benzene rings is 1. The highest BCUT2D eigenvalue weighted by atomic mass is 32.1. The third-order valence-corrected chi connectivity index (χ3v) is 4.63. The second-order valence-corrected chi connectivity index (χ2v) is 6.45. The van der Waals surface area contributed by atoms with Crippen LogP contribution in [0.25, 0.3) is 10.6 Å². The molecule has 2 nitrogen and oxygen atoms in total. The molecule has 1 unspecified atom stereocenters. The van der Waals surface area contributed by atoms with Crippen LogP contribution in [0.3, 0.4) is 0 Å². The molecule has 0 saturated carbocycles. The Morgan fingerprint density at radius 3 is 2.18 bits per heavy atom. The number of hydrogen-bond donors (Lipinski definition) is 0. The van der Waals surface area contributed by atoms with Crippen LogP contribution in [0.4, 0.5) is 13.2 Å². The van der Waals surface area contributed by atoms with Crippen LogP contribution in [0.1, 0.15) is 48.7 Å². The molecule has 0 aliphatic rings. The van der Waals surface area contributed by atoms with Crippen LogP contribution in [0.2, 0.25) is 0 Å². The number of nitrogens with zero attached hydrogens (tertiary/aromatic N) is 1. The third-order valence-electron chi connectivity index (χ3n) is 3.30. The first-order chi connectivity index (χ1) is 10.2. The predicted octanol–water partition coefficient (Wildman–Crippen LogP) is 5.25. The van der Waals surface area contributed by atoms with E-state index in [0.717, 1.165) is 29.0 Å². The zero-order valence-electron chi connectivity index (χ0n) is 12.4. The molecule has 0 bridgehead atoms. The lowest BCUT2D eigenvalue weighted by molar-refractivity contribution is -0.137. The van der Waals surface area contributed by atoms with Gasteiger partial charge in [-0.25, -0.2) is 4.98 Å². The average Bonchev–Trinajstić information content (AvgIpc) is 2.91. The lowest BCUT2D eigenvalue weighted by atomic mass is 10.0. The van der Waals surface area contributed by atoms with E-state index in [4.69, 9.17) is 0 Å². The highest BCUT2D eigenvalue weighted by molar-refractivity contribution is 7.15. The molecule has 0 saturated heterocycles. The second kappa shape index (κ2) is 6.20. The van der Waals surface area contributed by atoms with E-state index in [1.807, 2.05) is 13.8 Å². The van der Waals surface area contributed by atoms with E-state index in [1.54, 1.807) is 6.92 Å². The van der Waals surface area contributed by atoms with Crippen LogP contribution in [-0.4, -0.2) is 11.3 Å². The molecule has 0 amide bonds. The molecule has 118 valence electrons. The fourth-order valence-electron chi connectivity index (χ4n) is 2.07. The fourth-order valence-corrected chi connectivity index (χ4v) is 3.30. The topological polar surface area (TPSA) is 30.0 Å². The minimum absolute atomic E-state index is 0.150. The van der Waals surface area contributed by atoms with Crippen molar-refractivity contribution in [2.24, 2.45) is 0 Å². The van der Waals surface area contributed by atoms with Gasteiger partial charge in [0.25, 0.3) is 0 Å². The Morgan fingerprint density at radius 1 is 1.14 bits per heavy atom. The Balaban J connectivity index is 2.43. The van der Waals surface area contributed by atoms with E-state index in [1.165, 1.54) is 23.5 Å². The number of halogens is 3. The van der Waals surface area contributed by atoms with Crippen LogP contribution in [0.15, 0.2) is 24.3 Å². The summed E-state index contributed by atoms with van der Waals surface area (Å²) < 4.78 is 37.8. The number of aromatic nitrogens is 1. The zero-order valence-corrected chi connectivity index (χ0v) is 13.3. The molecular formula is C16H16F3NOS. The number of thiazole rings is 1. The molecule has 2 rings (SSSR count). The first-order valence-electron chi connectivity index (χ1n) is 6.87. The second-order valence-electron chi connectivity index (χ2n) is 5.42.